The number of nitrogen functional groups attached to an aromatic ring is 1. The lowest BCUT2D eigenvalue weighted by Gasteiger charge is -2.24. The summed E-state index contributed by atoms with van der Waals surface area (Å²) in [5.41, 5.74) is 3.32. The molecular weight excluding hydrogens is 240 g/mol. The number of nitrogens with zero attached hydrogens (tertiary/aromatic N) is 2. The Kier molecular flexibility index (Phi) is 3.46. The Balaban J connectivity index is 1.79. The highest BCUT2D eigenvalue weighted by Gasteiger charge is 2.17. The number of hydrogen-bond acceptors (Lipinski definition) is 5. The van der Waals surface area contributed by atoms with E-state index in [0.717, 1.165) is 23.2 Å². The number of para-hydroxylation sites is 1. The molecule has 3 N–H and O–H groups in total. The summed E-state index contributed by atoms with van der Waals surface area (Å²) in [5, 5.41) is 0.926. The molecule has 0 amide bonds. The number of hydrogen-bond donors (Lipinski definition) is 2. The van der Waals surface area contributed by atoms with E-state index in [1.165, 1.54) is 19.3 Å². The van der Waals surface area contributed by atoms with Gasteiger partial charge in [0, 0.05) is 0 Å². The first-order valence-corrected chi connectivity index (χ1v) is 6.73. The van der Waals surface area contributed by atoms with Gasteiger partial charge >= 0.3 is 0 Å². The Morgan fingerprint density at radius 2 is 2.11 bits per heavy atom. The predicted molar refractivity (Wildman–Crippen MR) is 74.8 cm³/mol. The number of anilines is 1. The van der Waals surface area contributed by atoms with Crippen LogP contribution in [0.15, 0.2) is 24.3 Å². The molecule has 0 saturated heterocycles. The maximum absolute atomic E-state index is 5.82. The Morgan fingerprint density at radius 3 is 2.84 bits per heavy atom. The number of ether oxygens (including phenoxy) is 1. The van der Waals surface area contributed by atoms with Gasteiger partial charge in [-0.25, -0.2) is 10.8 Å². The number of rotatable bonds is 5. The number of aromatic nitrogens is 2. The van der Waals surface area contributed by atoms with Gasteiger partial charge < -0.3 is 4.74 Å². The van der Waals surface area contributed by atoms with E-state index in [9.17, 15) is 0 Å². The molecule has 0 spiro atoms. The van der Waals surface area contributed by atoms with Crippen LogP contribution in [0.25, 0.3) is 10.9 Å². The van der Waals surface area contributed by atoms with E-state index in [1.807, 2.05) is 24.3 Å². The van der Waals surface area contributed by atoms with E-state index in [-0.39, 0.29) is 0 Å². The molecule has 3 rings (SSSR count). The minimum Gasteiger partial charge on any atom is -0.477 e. The van der Waals surface area contributed by atoms with Crippen molar-refractivity contribution >= 4 is 16.9 Å². The van der Waals surface area contributed by atoms with Gasteiger partial charge in [0.25, 0.3) is 0 Å². The zero-order valence-electron chi connectivity index (χ0n) is 10.8. The lowest BCUT2D eigenvalue weighted by molar-refractivity contribution is 0.219. The van der Waals surface area contributed by atoms with E-state index in [2.05, 4.69) is 15.4 Å². The lowest BCUT2D eigenvalue weighted by Crippen LogP contribution is -2.15. The molecule has 1 aliphatic carbocycles. The van der Waals surface area contributed by atoms with Crippen LogP contribution in [0, 0.1) is 5.92 Å². The fourth-order valence-corrected chi connectivity index (χ4v) is 2.33. The third-order valence-corrected chi connectivity index (χ3v) is 3.69. The molecule has 0 unspecified atom stereocenters. The molecule has 0 atom stereocenters. The molecular formula is C14H18N4O. The number of hydrazine groups is 1. The van der Waals surface area contributed by atoms with Gasteiger partial charge in [-0.05, 0) is 24.5 Å². The topological polar surface area (TPSA) is 73.1 Å². The quantitative estimate of drug-likeness (QED) is 0.636. The molecule has 19 heavy (non-hydrogen) atoms. The fraction of sp³-hybridized carbons (Fsp3) is 0.429. The van der Waals surface area contributed by atoms with Gasteiger partial charge in [-0.3, -0.25) is 5.43 Å². The minimum absolute atomic E-state index is 0.386. The second-order valence-corrected chi connectivity index (χ2v) is 4.95. The molecule has 5 nitrogen and oxygen atoms in total. The van der Waals surface area contributed by atoms with Crippen LogP contribution >= 0.6 is 0 Å². The minimum atomic E-state index is 0.386. The molecule has 1 fully saturated rings. The van der Waals surface area contributed by atoms with Gasteiger partial charge in [0.1, 0.15) is 0 Å². The number of nitrogens with one attached hydrogen (secondary N) is 1. The number of fused-ring (bicyclic) bond motifs is 1. The van der Waals surface area contributed by atoms with Crippen LogP contribution in [0.3, 0.4) is 0 Å². The van der Waals surface area contributed by atoms with Crippen molar-refractivity contribution in [3.8, 4) is 5.88 Å². The summed E-state index contributed by atoms with van der Waals surface area (Å²) >= 11 is 0. The van der Waals surface area contributed by atoms with Crippen molar-refractivity contribution in [1.29, 1.82) is 0 Å². The van der Waals surface area contributed by atoms with Gasteiger partial charge in [0.2, 0.25) is 11.8 Å². The molecule has 1 aromatic heterocycles. The molecule has 1 saturated carbocycles. The van der Waals surface area contributed by atoms with Crippen molar-refractivity contribution in [2.75, 3.05) is 12.0 Å². The van der Waals surface area contributed by atoms with Crippen LogP contribution in [-0.4, -0.2) is 16.6 Å². The summed E-state index contributed by atoms with van der Waals surface area (Å²) in [6, 6.07) is 7.79. The average Bonchev–Trinajstić information content (AvgIpc) is 2.41. The highest BCUT2D eigenvalue weighted by molar-refractivity contribution is 5.84. The number of nitrogens with two attached hydrogens (primary N) is 1. The normalized spacial score (nSPS) is 15.2. The first-order valence-electron chi connectivity index (χ1n) is 6.73. The summed E-state index contributed by atoms with van der Waals surface area (Å²) < 4.78 is 5.82. The van der Waals surface area contributed by atoms with Gasteiger partial charge in [-0.1, -0.05) is 31.4 Å². The maximum Gasteiger partial charge on any atom is 0.241 e. The van der Waals surface area contributed by atoms with Crippen LogP contribution in [0.4, 0.5) is 5.95 Å². The summed E-state index contributed by atoms with van der Waals surface area (Å²) in [5.74, 6) is 7.22. The fourth-order valence-electron chi connectivity index (χ4n) is 2.33. The summed E-state index contributed by atoms with van der Waals surface area (Å²) in [6.45, 7) is 0.704. The van der Waals surface area contributed by atoms with E-state index >= 15 is 0 Å². The summed E-state index contributed by atoms with van der Waals surface area (Å²) in [4.78, 5) is 8.59. The monoisotopic (exact) mass is 258 g/mol. The first kappa shape index (κ1) is 12.2. The Bertz CT molecular complexity index is 568. The standard InChI is InChI=1S/C14H18N4O/c15-18-14-16-12-7-2-1-6-11(12)13(17-14)19-9-8-10-4-3-5-10/h1-2,6-7,10H,3-5,8-9,15H2,(H,16,17,18). The Hall–Kier alpha value is -1.88. The van der Waals surface area contributed by atoms with E-state index in [0.29, 0.717) is 18.4 Å². The molecule has 0 radical (unpaired) electrons. The van der Waals surface area contributed by atoms with Gasteiger partial charge in [-0.2, -0.15) is 4.98 Å². The van der Waals surface area contributed by atoms with Crippen molar-refractivity contribution in [2.45, 2.75) is 25.7 Å². The Morgan fingerprint density at radius 1 is 1.26 bits per heavy atom. The molecule has 100 valence electrons. The molecule has 1 heterocycles. The molecule has 1 aromatic carbocycles. The summed E-state index contributed by atoms with van der Waals surface area (Å²) in [7, 11) is 0. The van der Waals surface area contributed by atoms with E-state index < -0.39 is 0 Å². The SMILES string of the molecule is NNc1nc(OCCC2CCC2)c2ccccc2n1. The van der Waals surface area contributed by atoms with Crippen LogP contribution in [-0.2, 0) is 0 Å². The highest BCUT2D eigenvalue weighted by Crippen LogP contribution is 2.30. The van der Waals surface area contributed by atoms with Gasteiger partial charge in [-0.15, -0.1) is 0 Å². The number of benzene rings is 1. The van der Waals surface area contributed by atoms with Crippen molar-refractivity contribution in [2.24, 2.45) is 11.8 Å². The van der Waals surface area contributed by atoms with Gasteiger partial charge in [0.05, 0.1) is 17.5 Å². The van der Waals surface area contributed by atoms with Crippen molar-refractivity contribution in [1.82, 2.24) is 9.97 Å². The van der Waals surface area contributed by atoms with Crippen LogP contribution < -0.4 is 16.0 Å². The Labute approximate surface area is 112 Å². The highest BCUT2D eigenvalue weighted by atomic mass is 16.5. The zero-order valence-corrected chi connectivity index (χ0v) is 10.8. The molecule has 0 aliphatic heterocycles. The maximum atomic E-state index is 5.82. The third-order valence-electron chi connectivity index (χ3n) is 3.69. The second-order valence-electron chi connectivity index (χ2n) is 4.95. The largest absolute Gasteiger partial charge is 0.477 e. The first-order chi connectivity index (χ1) is 9.36. The van der Waals surface area contributed by atoms with Gasteiger partial charge in [0.15, 0.2) is 0 Å². The van der Waals surface area contributed by atoms with Crippen molar-refractivity contribution < 1.29 is 4.74 Å². The predicted octanol–water partition coefficient (Wildman–Crippen LogP) is 2.48. The zero-order chi connectivity index (χ0) is 13.1. The lowest BCUT2D eigenvalue weighted by atomic mass is 9.83. The van der Waals surface area contributed by atoms with Crippen molar-refractivity contribution in [3.63, 3.8) is 0 Å². The van der Waals surface area contributed by atoms with Crippen LogP contribution in [0.1, 0.15) is 25.7 Å². The third kappa shape index (κ3) is 2.61. The molecule has 1 aliphatic rings. The smallest absolute Gasteiger partial charge is 0.241 e. The molecule has 2 aromatic rings. The van der Waals surface area contributed by atoms with Crippen molar-refractivity contribution in [3.05, 3.63) is 24.3 Å². The average molecular weight is 258 g/mol. The van der Waals surface area contributed by atoms with E-state index in [1.54, 1.807) is 0 Å². The van der Waals surface area contributed by atoms with Crippen LogP contribution in [0.2, 0.25) is 0 Å². The van der Waals surface area contributed by atoms with E-state index in [4.69, 9.17) is 10.6 Å². The van der Waals surface area contributed by atoms with Crippen LogP contribution in [0.5, 0.6) is 5.88 Å². The molecule has 5 heteroatoms. The summed E-state index contributed by atoms with van der Waals surface area (Å²) in [6.07, 6.45) is 5.14. The molecule has 0 bridgehead atoms. The second kappa shape index (κ2) is 5.40.